The molecule has 0 saturated heterocycles. The summed E-state index contributed by atoms with van der Waals surface area (Å²) in [5.74, 6) is -1.40. The molecule has 1 aromatic rings. The summed E-state index contributed by atoms with van der Waals surface area (Å²) in [5.41, 5.74) is 0.508. The molecule has 0 radical (unpaired) electrons. The van der Waals surface area contributed by atoms with Crippen LogP contribution in [0.4, 0.5) is 5.69 Å². The largest absolute Gasteiger partial charge is 0.481 e. The van der Waals surface area contributed by atoms with Crippen molar-refractivity contribution >= 4 is 27.6 Å². The third-order valence-electron chi connectivity index (χ3n) is 5.09. The molecule has 3 rings (SSSR count). The number of carbonyl (C=O) groups excluding carboxylic acids is 1. The quantitative estimate of drug-likeness (QED) is 0.671. The molecule has 2 aliphatic rings. The number of anilines is 1. The van der Waals surface area contributed by atoms with Crippen LogP contribution in [0.3, 0.4) is 0 Å². The van der Waals surface area contributed by atoms with E-state index in [0.29, 0.717) is 37.4 Å². The van der Waals surface area contributed by atoms with Crippen molar-refractivity contribution in [1.29, 1.82) is 0 Å². The second-order valence-corrected chi connectivity index (χ2v) is 8.97. The smallest absolute Gasteiger partial charge is 0.306 e. The van der Waals surface area contributed by atoms with Gasteiger partial charge in [0.15, 0.2) is 0 Å². The Morgan fingerprint density at radius 1 is 1.04 bits per heavy atom. The Morgan fingerprint density at radius 2 is 1.69 bits per heavy atom. The fourth-order valence-corrected chi connectivity index (χ4v) is 4.36. The van der Waals surface area contributed by atoms with Crippen LogP contribution >= 0.6 is 0 Å². The lowest BCUT2D eigenvalue weighted by Gasteiger charge is -2.25. The Kier molecular flexibility index (Phi) is 5.62. The highest BCUT2D eigenvalue weighted by Crippen LogP contribution is 2.30. The Bertz CT molecular complexity index is 771. The zero-order valence-electron chi connectivity index (χ0n) is 14.5. The summed E-state index contributed by atoms with van der Waals surface area (Å²) in [6.45, 7) is 0.466. The van der Waals surface area contributed by atoms with Crippen LogP contribution in [-0.2, 0) is 19.6 Å². The molecule has 2 aliphatic carbocycles. The summed E-state index contributed by atoms with van der Waals surface area (Å²) < 4.78 is 27.0. The molecule has 1 aromatic carbocycles. The van der Waals surface area contributed by atoms with E-state index < -0.39 is 21.9 Å². The highest BCUT2D eigenvalue weighted by atomic mass is 32.2. The Balaban J connectivity index is 1.58. The van der Waals surface area contributed by atoms with Crippen LogP contribution in [0.2, 0.25) is 0 Å². The SMILES string of the molecule is O=C(O)C1CCCC(C(=O)Nc2ccc(S(=O)(=O)NCC3CC3)cc2)C1. The number of amides is 1. The van der Waals surface area contributed by atoms with E-state index in [2.05, 4.69) is 10.0 Å². The van der Waals surface area contributed by atoms with E-state index in [1.54, 1.807) is 12.1 Å². The van der Waals surface area contributed by atoms with Crippen molar-refractivity contribution in [1.82, 2.24) is 4.72 Å². The topological polar surface area (TPSA) is 113 Å². The zero-order chi connectivity index (χ0) is 18.7. The van der Waals surface area contributed by atoms with Crippen molar-refractivity contribution in [2.45, 2.75) is 43.4 Å². The number of carbonyl (C=O) groups is 2. The molecule has 0 aromatic heterocycles. The number of rotatable bonds is 7. The third-order valence-corrected chi connectivity index (χ3v) is 6.52. The maximum atomic E-state index is 12.4. The molecular formula is C18H24N2O5S. The average molecular weight is 380 g/mol. The van der Waals surface area contributed by atoms with Gasteiger partial charge in [0.25, 0.3) is 0 Å². The summed E-state index contributed by atoms with van der Waals surface area (Å²) in [4.78, 5) is 23.7. The number of hydrogen-bond donors (Lipinski definition) is 3. The second kappa shape index (κ2) is 7.75. The van der Waals surface area contributed by atoms with Gasteiger partial charge in [-0.1, -0.05) is 6.42 Å². The molecule has 26 heavy (non-hydrogen) atoms. The van der Waals surface area contributed by atoms with Crippen molar-refractivity contribution in [2.24, 2.45) is 17.8 Å². The van der Waals surface area contributed by atoms with Gasteiger partial charge < -0.3 is 10.4 Å². The van der Waals surface area contributed by atoms with E-state index in [-0.39, 0.29) is 16.7 Å². The lowest BCUT2D eigenvalue weighted by Crippen LogP contribution is -2.31. The number of aliphatic carboxylic acids is 1. The van der Waals surface area contributed by atoms with Crippen LogP contribution in [0, 0.1) is 17.8 Å². The van der Waals surface area contributed by atoms with E-state index in [1.165, 1.54) is 12.1 Å². The van der Waals surface area contributed by atoms with Crippen LogP contribution < -0.4 is 10.0 Å². The summed E-state index contributed by atoms with van der Waals surface area (Å²) >= 11 is 0. The van der Waals surface area contributed by atoms with E-state index in [9.17, 15) is 18.0 Å². The standard InChI is InChI=1S/C18H24N2O5S/c21-17(13-2-1-3-14(10-13)18(22)23)20-15-6-8-16(9-7-15)26(24,25)19-11-12-4-5-12/h6-9,12-14,19H,1-5,10-11H2,(H,20,21)(H,22,23). The Morgan fingerprint density at radius 3 is 2.31 bits per heavy atom. The molecule has 2 unspecified atom stereocenters. The van der Waals surface area contributed by atoms with Gasteiger partial charge in [-0.2, -0.15) is 0 Å². The number of sulfonamides is 1. The molecule has 2 saturated carbocycles. The van der Waals surface area contributed by atoms with Crippen LogP contribution in [0.1, 0.15) is 38.5 Å². The Labute approximate surface area is 153 Å². The van der Waals surface area contributed by atoms with Gasteiger partial charge in [0, 0.05) is 18.2 Å². The predicted molar refractivity (Wildman–Crippen MR) is 96.1 cm³/mol. The van der Waals surface area contributed by atoms with Crippen LogP contribution in [0.25, 0.3) is 0 Å². The lowest BCUT2D eigenvalue weighted by atomic mass is 9.81. The fourth-order valence-electron chi connectivity index (χ4n) is 3.25. The highest BCUT2D eigenvalue weighted by Gasteiger charge is 2.31. The van der Waals surface area contributed by atoms with E-state index in [0.717, 1.165) is 19.3 Å². The monoisotopic (exact) mass is 380 g/mol. The van der Waals surface area contributed by atoms with Crippen LogP contribution in [0.15, 0.2) is 29.2 Å². The molecule has 0 spiro atoms. The average Bonchev–Trinajstić information content (AvgIpc) is 3.45. The zero-order valence-corrected chi connectivity index (χ0v) is 15.3. The fraction of sp³-hybridized carbons (Fsp3) is 0.556. The van der Waals surface area contributed by atoms with Gasteiger partial charge >= 0.3 is 5.97 Å². The van der Waals surface area contributed by atoms with Crippen molar-refractivity contribution in [3.63, 3.8) is 0 Å². The van der Waals surface area contributed by atoms with Crippen molar-refractivity contribution in [2.75, 3.05) is 11.9 Å². The first-order valence-electron chi connectivity index (χ1n) is 8.98. The summed E-state index contributed by atoms with van der Waals surface area (Å²) in [6, 6.07) is 6.04. The van der Waals surface area contributed by atoms with E-state index >= 15 is 0 Å². The minimum atomic E-state index is -3.53. The molecule has 2 fully saturated rings. The first-order valence-corrected chi connectivity index (χ1v) is 10.5. The number of benzene rings is 1. The van der Waals surface area contributed by atoms with E-state index in [4.69, 9.17) is 5.11 Å². The van der Waals surface area contributed by atoms with Gasteiger partial charge in [-0.3, -0.25) is 9.59 Å². The second-order valence-electron chi connectivity index (χ2n) is 7.21. The minimum Gasteiger partial charge on any atom is -0.481 e. The number of hydrogen-bond acceptors (Lipinski definition) is 4. The summed E-state index contributed by atoms with van der Waals surface area (Å²) in [6.07, 6.45) is 4.49. The maximum Gasteiger partial charge on any atom is 0.306 e. The van der Waals surface area contributed by atoms with Crippen LogP contribution in [-0.4, -0.2) is 31.9 Å². The van der Waals surface area contributed by atoms with E-state index in [1.807, 2.05) is 0 Å². The van der Waals surface area contributed by atoms with Crippen molar-refractivity contribution < 1.29 is 23.1 Å². The lowest BCUT2D eigenvalue weighted by molar-refractivity contribution is -0.143. The number of carboxylic acid groups (broad SMARTS) is 1. The van der Waals surface area contributed by atoms with Gasteiger partial charge in [-0.15, -0.1) is 0 Å². The normalized spacial score (nSPS) is 23.4. The van der Waals surface area contributed by atoms with Crippen molar-refractivity contribution in [3.8, 4) is 0 Å². The number of carboxylic acids is 1. The predicted octanol–water partition coefficient (Wildman–Crippen LogP) is 2.20. The molecule has 0 bridgehead atoms. The molecule has 2 atom stereocenters. The molecule has 0 aliphatic heterocycles. The molecule has 1 amide bonds. The molecule has 8 heteroatoms. The van der Waals surface area contributed by atoms with Gasteiger partial charge in [-0.05, 0) is 62.3 Å². The molecular weight excluding hydrogens is 356 g/mol. The first kappa shape index (κ1) is 18.8. The van der Waals surface area contributed by atoms with Gasteiger partial charge in [0.1, 0.15) is 0 Å². The molecule has 3 N–H and O–H groups in total. The van der Waals surface area contributed by atoms with Gasteiger partial charge in [0.05, 0.1) is 10.8 Å². The summed E-state index contributed by atoms with van der Waals surface area (Å²) in [5, 5.41) is 11.9. The first-order chi connectivity index (χ1) is 12.3. The van der Waals surface area contributed by atoms with Gasteiger partial charge in [-0.25, -0.2) is 13.1 Å². The molecule has 0 heterocycles. The molecule has 7 nitrogen and oxygen atoms in total. The van der Waals surface area contributed by atoms with Gasteiger partial charge in [0.2, 0.25) is 15.9 Å². The minimum absolute atomic E-state index is 0.166. The van der Waals surface area contributed by atoms with Crippen LogP contribution in [0.5, 0.6) is 0 Å². The van der Waals surface area contributed by atoms with Crippen molar-refractivity contribution in [3.05, 3.63) is 24.3 Å². The Hall–Kier alpha value is -1.93. The molecule has 142 valence electrons. The number of nitrogens with one attached hydrogen (secondary N) is 2. The maximum absolute atomic E-state index is 12.4. The summed E-state index contributed by atoms with van der Waals surface area (Å²) in [7, 11) is -3.53. The third kappa shape index (κ3) is 4.82. The highest BCUT2D eigenvalue weighted by molar-refractivity contribution is 7.89.